The van der Waals surface area contributed by atoms with Gasteiger partial charge in [-0.2, -0.15) is 0 Å². The zero-order valence-electron chi connectivity index (χ0n) is 10.8. The predicted octanol–water partition coefficient (Wildman–Crippen LogP) is 1.69. The molecule has 3 heteroatoms. The molecule has 2 atom stereocenters. The quantitative estimate of drug-likeness (QED) is 0.753. The Bertz CT molecular complexity index is 238. The Kier molecular flexibility index (Phi) is 3.21. The van der Waals surface area contributed by atoms with Crippen LogP contribution in [-0.4, -0.2) is 34.5 Å². The van der Waals surface area contributed by atoms with Crippen LogP contribution in [0.15, 0.2) is 0 Å². The molecule has 0 radical (unpaired) electrons. The molecule has 1 heterocycles. The van der Waals surface area contributed by atoms with Gasteiger partial charge in [-0.1, -0.05) is 6.92 Å². The Hall–Kier alpha value is -0.120. The Morgan fingerprint density at radius 1 is 1.33 bits per heavy atom. The molecule has 90 valence electrons. The zero-order chi connectivity index (χ0) is 11.9. The second-order valence-corrected chi connectivity index (χ2v) is 5.75. The SMILES string of the molecule is CCNC(C)C1(O)CC(C)(C)OC1(C)C. The Balaban J connectivity index is 2.92. The molecule has 0 spiro atoms. The van der Waals surface area contributed by atoms with Crippen molar-refractivity contribution < 1.29 is 9.84 Å². The minimum atomic E-state index is -0.799. The molecule has 1 fully saturated rings. The lowest BCUT2D eigenvalue weighted by molar-refractivity contribution is -0.136. The summed E-state index contributed by atoms with van der Waals surface area (Å²) < 4.78 is 5.93. The highest BCUT2D eigenvalue weighted by Gasteiger charge is 2.58. The molecule has 0 amide bonds. The third-order valence-corrected chi connectivity index (χ3v) is 3.50. The van der Waals surface area contributed by atoms with E-state index in [4.69, 9.17) is 4.74 Å². The van der Waals surface area contributed by atoms with Crippen LogP contribution in [0.2, 0.25) is 0 Å². The molecule has 0 aromatic rings. The van der Waals surface area contributed by atoms with Gasteiger partial charge in [0.05, 0.1) is 11.2 Å². The van der Waals surface area contributed by atoms with Crippen LogP contribution in [0.4, 0.5) is 0 Å². The van der Waals surface area contributed by atoms with Crippen molar-refractivity contribution in [3.05, 3.63) is 0 Å². The molecule has 15 heavy (non-hydrogen) atoms. The lowest BCUT2D eigenvalue weighted by atomic mass is 9.77. The number of nitrogens with one attached hydrogen (secondary N) is 1. The van der Waals surface area contributed by atoms with Crippen molar-refractivity contribution in [2.45, 2.75) is 70.8 Å². The Labute approximate surface area is 93.2 Å². The summed E-state index contributed by atoms with van der Waals surface area (Å²) in [5, 5.41) is 14.1. The van der Waals surface area contributed by atoms with Gasteiger partial charge >= 0.3 is 0 Å². The highest BCUT2D eigenvalue weighted by molar-refractivity contribution is 5.10. The van der Waals surface area contributed by atoms with E-state index in [1.807, 2.05) is 41.5 Å². The predicted molar refractivity (Wildman–Crippen MR) is 61.9 cm³/mol. The maximum absolute atomic E-state index is 10.8. The van der Waals surface area contributed by atoms with Gasteiger partial charge in [-0.05, 0) is 41.2 Å². The van der Waals surface area contributed by atoms with Crippen molar-refractivity contribution >= 4 is 0 Å². The monoisotopic (exact) mass is 215 g/mol. The molecule has 0 bridgehead atoms. The molecule has 0 aliphatic carbocycles. The minimum Gasteiger partial charge on any atom is -0.385 e. The van der Waals surface area contributed by atoms with Gasteiger partial charge in [-0.25, -0.2) is 0 Å². The smallest absolute Gasteiger partial charge is 0.111 e. The summed E-state index contributed by atoms with van der Waals surface area (Å²) in [6.07, 6.45) is 0.668. The second-order valence-electron chi connectivity index (χ2n) is 5.75. The first-order valence-electron chi connectivity index (χ1n) is 5.80. The molecule has 3 nitrogen and oxygen atoms in total. The maximum atomic E-state index is 10.8. The highest BCUT2D eigenvalue weighted by atomic mass is 16.5. The number of rotatable bonds is 3. The standard InChI is InChI=1S/C12H25NO2/c1-7-13-9(2)12(14)8-10(3,4)15-11(12,5)6/h9,13-14H,7-8H2,1-6H3. The molecular formula is C12H25NO2. The van der Waals surface area contributed by atoms with Crippen LogP contribution in [0.5, 0.6) is 0 Å². The van der Waals surface area contributed by atoms with Crippen LogP contribution in [0.25, 0.3) is 0 Å². The molecular weight excluding hydrogens is 190 g/mol. The van der Waals surface area contributed by atoms with Gasteiger partial charge in [0.25, 0.3) is 0 Å². The summed E-state index contributed by atoms with van der Waals surface area (Å²) in [5.41, 5.74) is -1.55. The fourth-order valence-electron chi connectivity index (χ4n) is 2.83. The summed E-state index contributed by atoms with van der Waals surface area (Å²) in [4.78, 5) is 0. The van der Waals surface area contributed by atoms with Crippen LogP contribution in [0, 0.1) is 0 Å². The molecule has 1 saturated heterocycles. The van der Waals surface area contributed by atoms with E-state index in [2.05, 4.69) is 5.32 Å². The molecule has 0 aromatic carbocycles. The average molecular weight is 215 g/mol. The van der Waals surface area contributed by atoms with E-state index in [9.17, 15) is 5.11 Å². The van der Waals surface area contributed by atoms with Gasteiger partial charge in [-0.15, -0.1) is 0 Å². The average Bonchev–Trinajstić information content (AvgIpc) is 2.17. The molecule has 1 rings (SSSR count). The third-order valence-electron chi connectivity index (χ3n) is 3.50. The molecule has 1 aliphatic heterocycles. The molecule has 2 unspecified atom stereocenters. The largest absolute Gasteiger partial charge is 0.385 e. The fraction of sp³-hybridized carbons (Fsp3) is 1.00. The molecule has 0 aromatic heterocycles. The lowest BCUT2D eigenvalue weighted by Crippen LogP contribution is -2.58. The summed E-state index contributed by atoms with van der Waals surface area (Å²) >= 11 is 0. The molecule has 1 aliphatic rings. The van der Waals surface area contributed by atoms with Gasteiger partial charge < -0.3 is 15.2 Å². The first-order chi connectivity index (χ1) is 6.65. The van der Waals surface area contributed by atoms with Crippen molar-refractivity contribution in [1.82, 2.24) is 5.32 Å². The van der Waals surface area contributed by atoms with Gasteiger partial charge in [0.2, 0.25) is 0 Å². The van der Waals surface area contributed by atoms with E-state index in [-0.39, 0.29) is 11.6 Å². The van der Waals surface area contributed by atoms with Crippen LogP contribution in [0.1, 0.15) is 48.0 Å². The summed E-state index contributed by atoms with van der Waals surface area (Å²) in [7, 11) is 0. The van der Waals surface area contributed by atoms with Gasteiger partial charge in [-0.3, -0.25) is 0 Å². The number of aliphatic hydroxyl groups is 1. The maximum Gasteiger partial charge on any atom is 0.111 e. The Morgan fingerprint density at radius 2 is 1.87 bits per heavy atom. The van der Waals surface area contributed by atoms with Crippen LogP contribution >= 0.6 is 0 Å². The summed E-state index contributed by atoms with van der Waals surface area (Å²) in [6, 6.07) is 0.0410. The van der Waals surface area contributed by atoms with Crippen molar-refractivity contribution in [1.29, 1.82) is 0 Å². The third kappa shape index (κ3) is 2.19. The van der Waals surface area contributed by atoms with E-state index in [1.165, 1.54) is 0 Å². The number of hydrogen-bond acceptors (Lipinski definition) is 3. The van der Waals surface area contributed by atoms with E-state index < -0.39 is 11.2 Å². The second kappa shape index (κ2) is 3.72. The minimum absolute atomic E-state index is 0.0410. The first kappa shape index (κ1) is 12.9. The van der Waals surface area contributed by atoms with Crippen molar-refractivity contribution in [3.8, 4) is 0 Å². The number of likely N-dealkylation sites (N-methyl/N-ethyl adjacent to an activating group) is 1. The molecule has 2 N–H and O–H groups in total. The van der Waals surface area contributed by atoms with Crippen molar-refractivity contribution in [2.75, 3.05) is 6.54 Å². The van der Waals surface area contributed by atoms with E-state index in [1.54, 1.807) is 0 Å². The van der Waals surface area contributed by atoms with E-state index in [0.717, 1.165) is 6.54 Å². The highest BCUT2D eigenvalue weighted by Crippen LogP contribution is 2.46. The van der Waals surface area contributed by atoms with Crippen LogP contribution in [-0.2, 0) is 4.74 Å². The van der Waals surface area contributed by atoms with Crippen molar-refractivity contribution in [3.63, 3.8) is 0 Å². The van der Waals surface area contributed by atoms with E-state index in [0.29, 0.717) is 6.42 Å². The summed E-state index contributed by atoms with van der Waals surface area (Å²) in [5.74, 6) is 0. The van der Waals surface area contributed by atoms with Gasteiger partial charge in [0.15, 0.2) is 0 Å². The fourth-order valence-corrected chi connectivity index (χ4v) is 2.83. The topological polar surface area (TPSA) is 41.5 Å². The molecule has 0 saturated carbocycles. The van der Waals surface area contributed by atoms with Crippen LogP contribution in [0.3, 0.4) is 0 Å². The zero-order valence-corrected chi connectivity index (χ0v) is 10.8. The normalized spacial score (nSPS) is 35.4. The number of hydrogen-bond donors (Lipinski definition) is 2. The van der Waals surface area contributed by atoms with Crippen LogP contribution < -0.4 is 5.32 Å². The van der Waals surface area contributed by atoms with Gasteiger partial charge in [0, 0.05) is 12.5 Å². The van der Waals surface area contributed by atoms with E-state index >= 15 is 0 Å². The van der Waals surface area contributed by atoms with Crippen molar-refractivity contribution in [2.24, 2.45) is 0 Å². The first-order valence-corrected chi connectivity index (χ1v) is 5.80. The number of ether oxygens (including phenoxy) is 1. The van der Waals surface area contributed by atoms with Gasteiger partial charge in [0.1, 0.15) is 5.60 Å². The Morgan fingerprint density at radius 3 is 2.20 bits per heavy atom. The lowest BCUT2D eigenvalue weighted by Gasteiger charge is -2.40. The summed E-state index contributed by atoms with van der Waals surface area (Å²) in [6.45, 7) is 12.9.